The Hall–Kier alpha value is -1.35. The van der Waals surface area contributed by atoms with E-state index in [-0.39, 0.29) is 17.4 Å². The van der Waals surface area contributed by atoms with Crippen molar-refractivity contribution < 1.29 is 9.53 Å². The molecule has 1 atom stereocenters. The molecule has 3 nitrogen and oxygen atoms in total. The Morgan fingerprint density at radius 2 is 2.00 bits per heavy atom. The van der Waals surface area contributed by atoms with Crippen LogP contribution in [-0.2, 0) is 4.79 Å². The van der Waals surface area contributed by atoms with Crippen molar-refractivity contribution in [2.75, 3.05) is 0 Å². The summed E-state index contributed by atoms with van der Waals surface area (Å²) in [5.41, 5.74) is 7.09. The van der Waals surface area contributed by atoms with Crippen LogP contribution in [0.2, 0.25) is 0 Å². The van der Waals surface area contributed by atoms with E-state index < -0.39 is 0 Å². The lowest BCUT2D eigenvalue weighted by Gasteiger charge is -2.27. The number of hydrogen-bond donors (Lipinski definition) is 1. The predicted molar refractivity (Wildman–Crippen MR) is 64.1 cm³/mol. The van der Waals surface area contributed by atoms with Gasteiger partial charge in [0, 0.05) is 13.0 Å². The van der Waals surface area contributed by atoms with E-state index in [0.29, 0.717) is 5.75 Å². The first kappa shape index (κ1) is 12.7. The normalized spacial score (nSPS) is 13.3. The lowest BCUT2D eigenvalue weighted by Crippen LogP contribution is -2.26. The molecule has 0 unspecified atom stereocenters. The van der Waals surface area contributed by atoms with Gasteiger partial charge in [0.2, 0.25) is 0 Å². The Bertz CT molecular complexity index is 380. The highest BCUT2D eigenvalue weighted by Gasteiger charge is 2.22. The van der Waals surface area contributed by atoms with Crippen molar-refractivity contribution >= 4 is 5.97 Å². The summed E-state index contributed by atoms with van der Waals surface area (Å²) in [4.78, 5) is 10.8. The van der Waals surface area contributed by atoms with Gasteiger partial charge in [-0.25, -0.2) is 0 Å². The van der Waals surface area contributed by atoms with Gasteiger partial charge in [-0.1, -0.05) is 32.9 Å². The minimum atomic E-state index is -0.318. The summed E-state index contributed by atoms with van der Waals surface area (Å²) in [6.45, 7) is 7.62. The first-order valence-electron chi connectivity index (χ1n) is 5.34. The molecule has 1 aromatic carbocycles. The average molecular weight is 221 g/mol. The second kappa shape index (κ2) is 4.66. The van der Waals surface area contributed by atoms with Crippen molar-refractivity contribution in [2.45, 2.75) is 33.7 Å². The molecule has 0 bridgehead atoms. The monoisotopic (exact) mass is 221 g/mol. The second-order valence-corrected chi connectivity index (χ2v) is 5.01. The van der Waals surface area contributed by atoms with Gasteiger partial charge in [0.25, 0.3) is 0 Å². The summed E-state index contributed by atoms with van der Waals surface area (Å²) in [6.07, 6.45) is 0. The SMILES string of the molecule is CC(=O)Oc1cccc([C@@H](N)C(C)(C)C)c1. The highest BCUT2D eigenvalue weighted by molar-refractivity contribution is 5.69. The highest BCUT2D eigenvalue weighted by atomic mass is 16.5. The lowest BCUT2D eigenvalue weighted by molar-refractivity contribution is -0.131. The van der Waals surface area contributed by atoms with Crippen LogP contribution in [0, 0.1) is 5.41 Å². The number of hydrogen-bond acceptors (Lipinski definition) is 3. The molecule has 0 aliphatic rings. The maximum absolute atomic E-state index is 10.8. The third kappa shape index (κ3) is 3.35. The smallest absolute Gasteiger partial charge is 0.308 e. The molecule has 1 aromatic rings. The van der Waals surface area contributed by atoms with Crippen molar-refractivity contribution in [3.63, 3.8) is 0 Å². The van der Waals surface area contributed by atoms with Crippen LogP contribution in [0.5, 0.6) is 5.75 Å². The van der Waals surface area contributed by atoms with Crippen LogP contribution in [0.3, 0.4) is 0 Å². The molecule has 88 valence electrons. The fourth-order valence-corrected chi connectivity index (χ4v) is 1.44. The van der Waals surface area contributed by atoms with Crippen LogP contribution in [0.15, 0.2) is 24.3 Å². The van der Waals surface area contributed by atoms with Crippen LogP contribution in [0.1, 0.15) is 39.3 Å². The van der Waals surface area contributed by atoms with E-state index in [2.05, 4.69) is 20.8 Å². The molecule has 0 aliphatic carbocycles. The van der Waals surface area contributed by atoms with E-state index in [1.54, 1.807) is 6.07 Å². The van der Waals surface area contributed by atoms with Gasteiger partial charge in [-0.15, -0.1) is 0 Å². The quantitative estimate of drug-likeness (QED) is 0.617. The zero-order chi connectivity index (χ0) is 12.3. The highest BCUT2D eigenvalue weighted by Crippen LogP contribution is 2.31. The number of carbonyl (C=O) groups excluding carboxylic acids is 1. The fraction of sp³-hybridized carbons (Fsp3) is 0.462. The van der Waals surface area contributed by atoms with Crippen molar-refractivity contribution in [1.29, 1.82) is 0 Å². The van der Waals surface area contributed by atoms with E-state index >= 15 is 0 Å². The predicted octanol–water partition coefficient (Wildman–Crippen LogP) is 2.66. The molecular weight excluding hydrogens is 202 g/mol. The molecule has 3 heteroatoms. The molecule has 1 rings (SSSR count). The Morgan fingerprint density at radius 1 is 1.38 bits per heavy atom. The van der Waals surface area contributed by atoms with E-state index in [4.69, 9.17) is 10.5 Å². The number of rotatable bonds is 2. The summed E-state index contributed by atoms with van der Waals surface area (Å²) in [5, 5.41) is 0. The zero-order valence-corrected chi connectivity index (χ0v) is 10.3. The molecule has 0 saturated carbocycles. The molecule has 0 aliphatic heterocycles. The molecule has 16 heavy (non-hydrogen) atoms. The number of benzene rings is 1. The summed E-state index contributed by atoms with van der Waals surface area (Å²) in [5.74, 6) is 0.228. The maximum atomic E-state index is 10.8. The van der Waals surface area contributed by atoms with Gasteiger partial charge in [0.05, 0.1) is 0 Å². The molecule has 2 N–H and O–H groups in total. The van der Waals surface area contributed by atoms with Crippen LogP contribution in [0.25, 0.3) is 0 Å². The van der Waals surface area contributed by atoms with Crippen LogP contribution in [-0.4, -0.2) is 5.97 Å². The van der Waals surface area contributed by atoms with E-state index in [9.17, 15) is 4.79 Å². The fourth-order valence-electron chi connectivity index (χ4n) is 1.44. The summed E-state index contributed by atoms with van der Waals surface area (Å²) >= 11 is 0. The Kier molecular flexibility index (Phi) is 3.70. The minimum Gasteiger partial charge on any atom is -0.427 e. The molecule has 0 amide bonds. The van der Waals surface area contributed by atoms with Crippen molar-refractivity contribution in [2.24, 2.45) is 11.1 Å². The summed E-state index contributed by atoms with van der Waals surface area (Å²) in [6, 6.07) is 7.28. The number of esters is 1. The Morgan fingerprint density at radius 3 is 2.50 bits per heavy atom. The standard InChI is InChI=1S/C13H19NO2/c1-9(15)16-11-7-5-6-10(8-11)12(14)13(2,3)4/h5-8,12H,14H2,1-4H3/t12-/m1/s1. The number of nitrogens with two attached hydrogens (primary N) is 1. The van der Waals surface area contributed by atoms with Crippen LogP contribution in [0.4, 0.5) is 0 Å². The number of carbonyl (C=O) groups is 1. The number of ether oxygens (including phenoxy) is 1. The van der Waals surface area contributed by atoms with Gasteiger partial charge in [-0.3, -0.25) is 4.79 Å². The molecule has 0 heterocycles. The van der Waals surface area contributed by atoms with E-state index in [1.807, 2.05) is 18.2 Å². The third-order valence-electron chi connectivity index (χ3n) is 2.41. The summed E-state index contributed by atoms with van der Waals surface area (Å²) < 4.78 is 5.02. The Balaban J connectivity index is 2.94. The average Bonchev–Trinajstić information content (AvgIpc) is 2.14. The van der Waals surface area contributed by atoms with Crippen molar-refractivity contribution in [3.8, 4) is 5.75 Å². The molecular formula is C13H19NO2. The molecule has 0 saturated heterocycles. The van der Waals surface area contributed by atoms with Gasteiger partial charge < -0.3 is 10.5 Å². The zero-order valence-electron chi connectivity index (χ0n) is 10.3. The van der Waals surface area contributed by atoms with Crippen molar-refractivity contribution in [3.05, 3.63) is 29.8 Å². The first-order valence-corrected chi connectivity index (χ1v) is 5.34. The topological polar surface area (TPSA) is 52.3 Å². The van der Waals surface area contributed by atoms with Gasteiger partial charge in [-0.05, 0) is 23.1 Å². The largest absolute Gasteiger partial charge is 0.427 e. The van der Waals surface area contributed by atoms with E-state index in [1.165, 1.54) is 6.92 Å². The van der Waals surface area contributed by atoms with Gasteiger partial charge in [-0.2, -0.15) is 0 Å². The van der Waals surface area contributed by atoms with Crippen molar-refractivity contribution in [1.82, 2.24) is 0 Å². The maximum Gasteiger partial charge on any atom is 0.308 e. The van der Waals surface area contributed by atoms with Gasteiger partial charge >= 0.3 is 5.97 Å². The molecule has 0 fully saturated rings. The first-order chi connectivity index (χ1) is 7.30. The lowest BCUT2D eigenvalue weighted by atomic mass is 9.83. The second-order valence-electron chi connectivity index (χ2n) is 5.01. The van der Waals surface area contributed by atoms with Gasteiger partial charge in [0.1, 0.15) is 5.75 Å². The van der Waals surface area contributed by atoms with Crippen LogP contribution >= 0.6 is 0 Å². The third-order valence-corrected chi connectivity index (χ3v) is 2.41. The molecule has 0 spiro atoms. The molecule has 0 aromatic heterocycles. The Labute approximate surface area is 96.6 Å². The van der Waals surface area contributed by atoms with Crippen LogP contribution < -0.4 is 10.5 Å². The van der Waals surface area contributed by atoms with Gasteiger partial charge in [0.15, 0.2) is 0 Å². The minimum absolute atomic E-state index is 0.0190. The van der Waals surface area contributed by atoms with E-state index in [0.717, 1.165) is 5.56 Å². The molecule has 0 radical (unpaired) electrons. The summed E-state index contributed by atoms with van der Waals surface area (Å²) in [7, 11) is 0.